The first kappa shape index (κ1) is 17.3. The molecule has 1 N–H and O–H groups in total. The van der Waals surface area contributed by atoms with E-state index in [1.54, 1.807) is 0 Å². The van der Waals surface area contributed by atoms with Crippen LogP contribution in [0.25, 0.3) is 10.8 Å². The summed E-state index contributed by atoms with van der Waals surface area (Å²) in [5, 5.41) is 4.97. The molecule has 1 heterocycles. The normalized spacial score (nSPS) is 13.3. The molecule has 0 fully saturated rings. The lowest BCUT2D eigenvalue weighted by Crippen LogP contribution is -2.35. The lowest BCUT2D eigenvalue weighted by molar-refractivity contribution is -0.118. The van der Waals surface area contributed by atoms with E-state index in [-0.39, 0.29) is 11.8 Å². The van der Waals surface area contributed by atoms with Crippen LogP contribution in [0.5, 0.6) is 0 Å². The van der Waals surface area contributed by atoms with E-state index in [9.17, 15) is 9.59 Å². The van der Waals surface area contributed by atoms with Crippen molar-refractivity contribution >= 4 is 34.0 Å². The molecule has 0 unspecified atom stereocenters. The maximum Gasteiger partial charge on any atom is 0.256 e. The van der Waals surface area contributed by atoms with Gasteiger partial charge in [0.05, 0.1) is 0 Å². The molecule has 0 saturated heterocycles. The first-order chi connectivity index (χ1) is 13.2. The summed E-state index contributed by atoms with van der Waals surface area (Å²) in [6.45, 7) is 2.61. The van der Waals surface area contributed by atoms with Gasteiger partial charge in [0.1, 0.15) is 0 Å². The van der Waals surface area contributed by atoms with Crippen molar-refractivity contribution in [3.63, 3.8) is 0 Å². The fourth-order valence-electron chi connectivity index (χ4n) is 3.72. The van der Waals surface area contributed by atoms with Gasteiger partial charge in [-0.3, -0.25) is 9.59 Å². The Bertz CT molecular complexity index is 1020. The summed E-state index contributed by atoms with van der Waals surface area (Å²) in [5.74, 6) is -0.0237. The minimum absolute atomic E-state index is 0.119. The minimum Gasteiger partial charge on any atom is -0.322 e. The fraction of sp³-hybridized carbons (Fsp3) is 0.217. The van der Waals surface area contributed by atoms with Crippen LogP contribution in [0.3, 0.4) is 0 Å². The molecule has 1 aliphatic rings. The van der Waals surface area contributed by atoms with Crippen LogP contribution < -0.4 is 10.2 Å². The van der Waals surface area contributed by atoms with E-state index in [1.807, 2.05) is 72.5 Å². The molecule has 0 aliphatic carbocycles. The summed E-state index contributed by atoms with van der Waals surface area (Å²) < 4.78 is 0. The summed E-state index contributed by atoms with van der Waals surface area (Å²) >= 11 is 0. The molecule has 0 atom stereocenters. The lowest BCUT2D eigenvalue weighted by Gasteiger charge is -2.29. The highest BCUT2D eigenvalue weighted by atomic mass is 16.2. The molecule has 3 aromatic carbocycles. The molecule has 0 saturated carbocycles. The second kappa shape index (κ2) is 7.23. The van der Waals surface area contributed by atoms with Gasteiger partial charge in [-0.15, -0.1) is 0 Å². The Morgan fingerprint density at radius 3 is 2.70 bits per heavy atom. The van der Waals surface area contributed by atoms with Crippen LogP contribution in [0.1, 0.15) is 35.7 Å². The molecule has 136 valence electrons. The Hall–Kier alpha value is -3.14. The fourth-order valence-corrected chi connectivity index (χ4v) is 3.72. The van der Waals surface area contributed by atoms with Crippen LogP contribution in [0, 0.1) is 0 Å². The Morgan fingerprint density at radius 1 is 1.04 bits per heavy atom. The van der Waals surface area contributed by atoms with Gasteiger partial charge in [-0.05, 0) is 47.4 Å². The van der Waals surface area contributed by atoms with E-state index >= 15 is 0 Å². The van der Waals surface area contributed by atoms with Crippen LogP contribution in [0.15, 0.2) is 60.7 Å². The summed E-state index contributed by atoms with van der Waals surface area (Å²) in [6.07, 6.45) is 2.41. The van der Waals surface area contributed by atoms with Crippen LogP contribution >= 0.6 is 0 Å². The first-order valence-electron chi connectivity index (χ1n) is 9.40. The molecule has 0 aromatic heterocycles. The molecular weight excluding hydrogens is 336 g/mol. The van der Waals surface area contributed by atoms with Crippen molar-refractivity contribution in [1.82, 2.24) is 0 Å². The van der Waals surface area contributed by atoms with Gasteiger partial charge < -0.3 is 10.2 Å². The van der Waals surface area contributed by atoms with Crippen molar-refractivity contribution in [2.45, 2.75) is 26.2 Å². The van der Waals surface area contributed by atoms with Crippen LogP contribution in [-0.4, -0.2) is 18.4 Å². The van der Waals surface area contributed by atoms with Crippen molar-refractivity contribution in [1.29, 1.82) is 0 Å². The van der Waals surface area contributed by atoms with Crippen molar-refractivity contribution < 1.29 is 9.59 Å². The molecule has 3 aromatic rings. The largest absolute Gasteiger partial charge is 0.322 e. The molecule has 4 nitrogen and oxygen atoms in total. The number of rotatable bonds is 3. The van der Waals surface area contributed by atoms with Crippen molar-refractivity contribution in [2.75, 3.05) is 16.8 Å². The van der Waals surface area contributed by atoms with E-state index in [4.69, 9.17) is 0 Å². The van der Waals surface area contributed by atoms with E-state index in [1.165, 1.54) is 0 Å². The second-order valence-electron chi connectivity index (χ2n) is 6.83. The molecule has 0 radical (unpaired) electrons. The number of aryl methyl sites for hydroxylation is 1. The van der Waals surface area contributed by atoms with E-state index in [0.29, 0.717) is 17.7 Å². The molecule has 0 spiro atoms. The minimum atomic E-state index is -0.143. The van der Waals surface area contributed by atoms with Crippen molar-refractivity contribution in [3.8, 4) is 0 Å². The molecule has 0 bridgehead atoms. The van der Waals surface area contributed by atoms with Crippen LogP contribution in [0.2, 0.25) is 0 Å². The summed E-state index contributed by atoms with van der Waals surface area (Å²) in [4.78, 5) is 27.0. The number of anilines is 2. The second-order valence-corrected chi connectivity index (χ2v) is 6.83. The average molecular weight is 358 g/mol. The molecule has 1 aliphatic heterocycles. The number of nitrogens with zero attached hydrogens (tertiary/aromatic N) is 1. The first-order valence-corrected chi connectivity index (χ1v) is 9.40. The number of hydrogen-bond donors (Lipinski definition) is 1. The predicted molar refractivity (Wildman–Crippen MR) is 109 cm³/mol. The topological polar surface area (TPSA) is 49.4 Å². The zero-order valence-corrected chi connectivity index (χ0v) is 15.4. The monoisotopic (exact) mass is 358 g/mol. The third kappa shape index (κ3) is 3.31. The number of nitrogens with one attached hydrogen (secondary N) is 1. The number of carbonyl (C=O) groups is 2. The Kier molecular flexibility index (Phi) is 4.63. The Balaban J connectivity index is 1.65. The van der Waals surface area contributed by atoms with Crippen LogP contribution in [0.4, 0.5) is 11.4 Å². The highest BCUT2D eigenvalue weighted by Crippen LogP contribution is 2.31. The third-order valence-electron chi connectivity index (χ3n) is 5.10. The quantitative estimate of drug-likeness (QED) is 0.732. The number of carbonyl (C=O) groups excluding carboxylic acids is 2. The molecular formula is C23H22N2O2. The smallest absolute Gasteiger partial charge is 0.256 e. The highest BCUT2D eigenvalue weighted by Gasteiger charge is 2.22. The maximum absolute atomic E-state index is 12.9. The summed E-state index contributed by atoms with van der Waals surface area (Å²) in [5.41, 5.74) is 3.44. The average Bonchev–Trinajstić information content (AvgIpc) is 2.72. The standard InChI is InChI=1S/C23H22N2O2/c1-2-22(26)25-14-6-9-17-12-13-18(15-21(17)25)24-23(27)20-11-5-8-16-7-3-4-10-19(16)20/h3-5,7-8,10-13,15H,2,6,9,14H2,1H3,(H,24,27). The molecule has 4 rings (SSSR count). The molecule has 2 amide bonds. The lowest BCUT2D eigenvalue weighted by atomic mass is 10.0. The van der Waals surface area contributed by atoms with Crippen molar-refractivity contribution in [3.05, 3.63) is 71.8 Å². The zero-order valence-electron chi connectivity index (χ0n) is 15.4. The van der Waals surface area contributed by atoms with Gasteiger partial charge >= 0.3 is 0 Å². The number of fused-ring (bicyclic) bond motifs is 2. The highest BCUT2D eigenvalue weighted by molar-refractivity contribution is 6.13. The van der Waals surface area contributed by atoms with Gasteiger partial charge in [0.25, 0.3) is 5.91 Å². The molecule has 4 heteroatoms. The predicted octanol–water partition coefficient (Wildman–Crippen LogP) is 4.78. The van der Waals surface area contributed by atoms with E-state index in [2.05, 4.69) is 5.32 Å². The Morgan fingerprint density at radius 2 is 1.85 bits per heavy atom. The number of benzene rings is 3. The number of amides is 2. The summed E-state index contributed by atoms with van der Waals surface area (Å²) in [7, 11) is 0. The van der Waals surface area contributed by atoms with Gasteiger partial charge in [0, 0.05) is 29.9 Å². The third-order valence-corrected chi connectivity index (χ3v) is 5.10. The van der Waals surface area contributed by atoms with Crippen LogP contribution in [-0.2, 0) is 11.2 Å². The van der Waals surface area contributed by atoms with E-state index < -0.39 is 0 Å². The zero-order chi connectivity index (χ0) is 18.8. The molecule has 27 heavy (non-hydrogen) atoms. The van der Waals surface area contributed by atoms with Crippen molar-refractivity contribution in [2.24, 2.45) is 0 Å². The SMILES string of the molecule is CCC(=O)N1CCCc2ccc(NC(=O)c3cccc4ccccc34)cc21. The maximum atomic E-state index is 12.9. The Labute approximate surface area is 158 Å². The van der Waals surface area contributed by atoms with Gasteiger partial charge in [-0.2, -0.15) is 0 Å². The summed E-state index contributed by atoms with van der Waals surface area (Å²) in [6, 6.07) is 19.4. The number of hydrogen-bond acceptors (Lipinski definition) is 2. The van der Waals surface area contributed by atoms with E-state index in [0.717, 1.165) is 41.4 Å². The van der Waals surface area contributed by atoms with Gasteiger partial charge in [-0.1, -0.05) is 49.4 Å². The van der Waals surface area contributed by atoms with Gasteiger partial charge in [0.15, 0.2) is 0 Å². The van der Waals surface area contributed by atoms with Gasteiger partial charge in [-0.25, -0.2) is 0 Å². The van der Waals surface area contributed by atoms with Gasteiger partial charge in [0.2, 0.25) is 5.91 Å².